The monoisotopic (exact) mass is 380 g/mol. The van der Waals surface area contributed by atoms with Crippen LogP contribution < -0.4 is 5.32 Å². The average Bonchev–Trinajstić information content (AvgIpc) is 2.44. The molecule has 1 unspecified atom stereocenters. The first-order valence-corrected chi connectivity index (χ1v) is 8.05. The third-order valence-corrected chi connectivity index (χ3v) is 5.02. The molecule has 0 heterocycles. The normalized spacial score (nSPS) is 12.5. The SMILES string of the molecule is CC[N+](CC)(CC)C(C)C(=O)Nc1c(C)cc(C)cc1C.[Y]. The fourth-order valence-corrected chi connectivity index (χ4v) is 3.35. The number of benzene rings is 1. The molecule has 0 bridgehead atoms. The van der Waals surface area contributed by atoms with Crippen molar-refractivity contribution in [1.29, 1.82) is 0 Å². The maximum atomic E-state index is 12.7. The van der Waals surface area contributed by atoms with Gasteiger partial charge in [-0.05, 0) is 59.6 Å². The third-order valence-electron chi connectivity index (χ3n) is 5.02. The predicted octanol–water partition coefficient (Wildman–Crippen LogP) is 3.81. The van der Waals surface area contributed by atoms with Gasteiger partial charge in [0.1, 0.15) is 0 Å². The number of amides is 1. The molecule has 4 heteroatoms. The van der Waals surface area contributed by atoms with Crippen LogP contribution in [0, 0.1) is 20.8 Å². The number of carbonyl (C=O) groups is 1. The number of nitrogens with zero attached hydrogens (tertiary/aromatic N) is 1. The van der Waals surface area contributed by atoms with E-state index in [2.05, 4.69) is 59.0 Å². The Morgan fingerprint density at radius 3 is 1.82 bits per heavy atom. The molecule has 0 aliphatic rings. The molecular formula is C18H31N2OY+. The molecule has 0 aliphatic heterocycles. The molecule has 0 saturated heterocycles. The first-order chi connectivity index (χ1) is 9.81. The Morgan fingerprint density at radius 1 is 1.05 bits per heavy atom. The number of rotatable bonds is 6. The van der Waals surface area contributed by atoms with Crippen molar-refractivity contribution < 1.29 is 42.0 Å². The molecule has 1 atom stereocenters. The quantitative estimate of drug-likeness (QED) is 0.747. The minimum Gasteiger partial charge on any atom is -0.320 e. The Kier molecular flexibility index (Phi) is 9.05. The second-order valence-electron chi connectivity index (χ2n) is 6.11. The molecule has 0 saturated carbocycles. The molecule has 0 aromatic heterocycles. The fraction of sp³-hybridized carbons (Fsp3) is 0.611. The number of hydrogen-bond donors (Lipinski definition) is 1. The van der Waals surface area contributed by atoms with E-state index in [1.165, 1.54) is 5.56 Å². The Labute approximate surface area is 161 Å². The van der Waals surface area contributed by atoms with Gasteiger partial charge in [0.25, 0.3) is 5.91 Å². The van der Waals surface area contributed by atoms with E-state index in [-0.39, 0.29) is 44.7 Å². The summed E-state index contributed by atoms with van der Waals surface area (Å²) in [6, 6.07) is 4.20. The fourth-order valence-electron chi connectivity index (χ4n) is 3.35. The number of quaternary nitrogens is 1. The summed E-state index contributed by atoms with van der Waals surface area (Å²) in [7, 11) is 0. The molecule has 0 fully saturated rings. The number of hydrogen-bond acceptors (Lipinski definition) is 1. The largest absolute Gasteiger partial charge is 0.320 e. The molecule has 1 amide bonds. The van der Waals surface area contributed by atoms with Crippen molar-refractivity contribution >= 4 is 11.6 Å². The van der Waals surface area contributed by atoms with Gasteiger partial charge >= 0.3 is 0 Å². The van der Waals surface area contributed by atoms with E-state index in [1.54, 1.807) is 0 Å². The minimum absolute atomic E-state index is 0. The minimum atomic E-state index is -0.0369. The van der Waals surface area contributed by atoms with Gasteiger partial charge in [-0.3, -0.25) is 4.79 Å². The van der Waals surface area contributed by atoms with E-state index in [0.717, 1.165) is 40.9 Å². The summed E-state index contributed by atoms with van der Waals surface area (Å²) < 4.78 is 0.829. The van der Waals surface area contributed by atoms with Gasteiger partial charge < -0.3 is 9.80 Å². The third kappa shape index (κ3) is 4.63. The second kappa shape index (κ2) is 9.15. The predicted molar refractivity (Wildman–Crippen MR) is 90.6 cm³/mol. The molecule has 1 aromatic rings. The molecule has 1 rings (SSSR count). The van der Waals surface area contributed by atoms with Crippen LogP contribution in [-0.4, -0.2) is 36.1 Å². The zero-order chi connectivity index (χ0) is 16.2. The Morgan fingerprint density at radius 2 is 1.45 bits per heavy atom. The Bertz CT molecular complexity index is 479. The van der Waals surface area contributed by atoms with Crippen molar-refractivity contribution in [3.05, 3.63) is 28.8 Å². The maximum Gasteiger partial charge on any atom is 0.282 e. The number of nitrogens with one attached hydrogen (secondary N) is 1. The zero-order valence-electron chi connectivity index (χ0n) is 15.3. The smallest absolute Gasteiger partial charge is 0.282 e. The van der Waals surface area contributed by atoms with Crippen LogP contribution in [0.3, 0.4) is 0 Å². The molecule has 3 nitrogen and oxygen atoms in total. The van der Waals surface area contributed by atoms with Gasteiger partial charge in [-0.15, -0.1) is 0 Å². The first kappa shape index (κ1) is 21.8. The molecule has 22 heavy (non-hydrogen) atoms. The van der Waals surface area contributed by atoms with Crippen molar-refractivity contribution in [2.24, 2.45) is 0 Å². The van der Waals surface area contributed by atoms with Crippen molar-refractivity contribution in [2.75, 3.05) is 25.0 Å². The van der Waals surface area contributed by atoms with Crippen LogP contribution in [0.1, 0.15) is 44.4 Å². The second-order valence-corrected chi connectivity index (χ2v) is 6.11. The van der Waals surface area contributed by atoms with Crippen LogP contribution in [-0.2, 0) is 37.5 Å². The van der Waals surface area contributed by atoms with Crippen LogP contribution in [0.5, 0.6) is 0 Å². The number of likely N-dealkylation sites (N-methyl/N-ethyl adjacent to an activating group) is 1. The summed E-state index contributed by atoms with van der Waals surface area (Å²) in [4.78, 5) is 12.7. The van der Waals surface area contributed by atoms with Crippen molar-refractivity contribution in [2.45, 2.75) is 54.5 Å². The number of anilines is 1. The van der Waals surface area contributed by atoms with Crippen LogP contribution >= 0.6 is 0 Å². The van der Waals surface area contributed by atoms with Crippen molar-refractivity contribution in [3.63, 3.8) is 0 Å². The summed E-state index contributed by atoms with van der Waals surface area (Å²) in [5.74, 6) is 0.121. The average molecular weight is 380 g/mol. The maximum absolute atomic E-state index is 12.7. The van der Waals surface area contributed by atoms with Gasteiger partial charge in [0.15, 0.2) is 6.04 Å². The number of carbonyl (C=O) groups excluding carboxylic acids is 1. The summed E-state index contributed by atoms with van der Waals surface area (Å²) in [6.45, 7) is 17.7. The van der Waals surface area contributed by atoms with E-state index < -0.39 is 0 Å². The summed E-state index contributed by atoms with van der Waals surface area (Å²) in [5.41, 5.74) is 4.47. The summed E-state index contributed by atoms with van der Waals surface area (Å²) >= 11 is 0. The first-order valence-electron chi connectivity index (χ1n) is 8.05. The Hall–Kier alpha value is -0.246. The van der Waals surface area contributed by atoms with Crippen molar-refractivity contribution in [1.82, 2.24) is 0 Å². The molecular weight excluding hydrogens is 349 g/mol. The van der Waals surface area contributed by atoms with Crippen LogP contribution in [0.25, 0.3) is 0 Å². The standard InChI is InChI=1S/C18H30N2O.Y/c1-8-20(9-2,10-3)16(7)18(21)19-17-14(5)11-13(4)12-15(17)6;/h11-12,16H,8-10H2,1-7H3;/p+1. The van der Waals surface area contributed by atoms with Crippen molar-refractivity contribution in [3.8, 4) is 0 Å². The van der Waals surface area contributed by atoms with Crippen LogP contribution in [0.2, 0.25) is 0 Å². The molecule has 1 aromatic carbocycles. The molecule has 121 valence electrons. The van der Waals surface area contributed by atoms with Crippen LogP contribution in [0.4, 0.5) is 5.69 Å². The van der Waals surface area contributed by atoms with E-state index in [9.17, 15) is 4.79 Å². The number of aryl methyl sites for hydroxylation is 3. The molecule has 0 spiro atoms. The summed E-state index contributed by atoms with van der Waals surface area (Å²) in [5, 5.41) is 3.16. The Balaban J connectivity index is 0.00000441. The van der Waals surface area contributed by atoms with Gasteiger partial charge in [-0.1, -0.05) is 17.7 Å². The van der Waals surface area contributed by atoms with Gasteiger partial charge in [-0.25, -0.2) is 0 Å². The van der Waals surface area contributed by atoms with E-state index in [4.69, 9.17) is 0 Å². The summed E-state index contributed by atoms with van der Waals surface area (Å²) in [6.07, 6.45) is 0. The topological polar surface area (TPSA) is 29.1 Å². The molecule has 1 radical (unpaired) electrons. The molecule has 1 N–H and O–H groups in total. The van der Waals surface area contributed by atoms with Gasteiger partial charge in [0.2, 0.25) is 0 Å². The zero-order valence-corrected chi connectivity index (χ0v) is 18.1. The van der Waals surface area contributed by atoms with E-state index in [0.29, 0.717) is 0 Å². The van der Waals surface area contributed by atoms with Gasteiger partial charge in [0.05, 0.1) is 19.6 Å². The van der Waals surface area contributed by atoms with E-state index in [1.807, 2.05) is 6.92 Å². The molecule has 0 aliphatic carbocycles. The van der Waals surface area contributed by atoms with Gasteiger partial charge in [0, 0.05) is 38.4 Å². The van der Waals surface area contributed by atoms with E-state index >= 15 is 0 Å². The van der Waals surface area contributed by atoms with Crippen LogP contribution in [0.15, 0.2) is 12.1 Å². The van der Waals surface area contributed by atoms with Gasteiger partial charge in [-0.2, -0.15) is 0 Å².